The molecule has 9 heteroatoms. The highest BCUT2D eigenvalue weighted by atomic mass is 32.1. The molecule has 0 fully saturated rings. The van der Waals surface area contributed by atoms with Gasteiger partial charge in [0.1, 0.15) is 10.8 Å². The van der Waals surface area contributed by atoms with Gasteiger partial charge >= 0.3 is 5.97 Å². The van der Waals surface area contributed by atoms with Crippen LogP contribution in [-0.4, -0.2) is 42.9 Å². The number of carbonyl (C=O) groups excluding carboxylic acids is 3. The summed E-state index contributed by atoms with van der Waals surface area (Å²) in [5.74, 6) is -2.00. The van der Waals surface area contributed by atoms with Crippen LogP contribution in [0.2, 0.25) is 0 Å². The van der Waals surface area contributed by atoms with Crippen molar-refractivity contribution in [2.45, 2.75) is 20.4 Å². The van der Waals surface area contributed by atoms with Gasteiger partial charge in [-0.05, 0) is 44.2 Å². The van der Waals surface area contributed by atoms with Crippen molar-refractivity contribution < 1.29 is 23.5 Å². The minimum Gasteiger partial charge on any atom is -0.462 e. The summed E-state index contributed by atoms with van der Waals surface area (Å²) in [7, 11) is 1.74. The smallest absolute Gasteiger partial charge is 0.341 e. The van der Waals surface area contributed by atoms with Gasteiger partial charge in [0.25, 0.3) is 5.91 Å². The molecule has 0 aliphatic carbocycles. The molecule has 0 aliphatic rings. The number of amides is 2. The van der Waals surface area contributed by atoms with Crippen molar-refractivity contribution in [1.82, 2.24) is 4.90 Å². The highest BCUT2D eigenvalue weighted by Gasteiger charge is 2.25. The fourth-order valence-corrected chi connectivity index (χ4v) is 3.72. The average molecular weight is 407 g/mol. The van der Waals surface area contributed by atoms with E-state index in [2.05, 4.69) is 5.32 Å². The molecule has 150 valence electrons. The van der Waals surface area contributed by atoms with E-state index in [1.165, 1.54) is 12.1 Å². The Hall–Kier alpha value is -2.78. The van der Waals surface area contributed by atoms with Crippen LogP contribution in [0.1, 0.15) is 38.1 Å². The van der Waals surface area contributed by atoms with Crippen molar-refractivity contribution >= 4 is 34.1 Å². The maximum atomic E-state index is 13.0. The molecule has 0 saturated heterocycles. The molecule has 0 spiro atoms. The van der Waals surface area contributed by atoms with Crippen molar-refractivity contribution in [1.29, 1.82) is 0 Å². The fraction of sp³-hybridized carbons (Fsp3) is 0.316. The van der Waals surface area contributed by atoms with Crippen molar-refractivity contribution in [2.75, 3.05) is 25.5 Å². The van der Waals surface area contributed by atoms with Crippen LogP contribution in [0.25, 0.3) is 0 Å². The first-order chi connectivity index (χ1) is 13.2. The van der Waals surface area contributed by atoms with Gasteiger partial charge < -0.3 is 15.8 Å². The van der Waals surface area contributed by atoms with E-state index in [4.69, 9.17) is 10.5 Å². The summed E-state index contributed by atoms with van der Waals surface area (Å²) in [6.07, 6.45) is 0. The van der Waals surface area contributed by atoms with E-state index >= 15 is 0 Å². The summed E-state index contributed by atoms with van der Waals surface area (Å²) in [6.45, 7) is 3.88. The number of benzene rings is 1. The van der Waals surface area contributed by atoms with Crippen molar-refractivity contribution in [3.05, 3.63) is 51.7 Å². The van der Waals surface area contributed by atoms with Crippen molar-refractivity contribution in [3.63, 3.8) is 0 Å². The van der Waals surface area contributed by atoms with E-state index in [-0.39, 0.29) is 40.3 Å². The maximum absolute atomic E-state index is 13.0. The molecule has 0 aliphatic heterocycles. The van der Waals surface area contributed by atoms with Gasteiger partial charge in [-0.3, -0.25) is 14.5 Å². The van der Waals surface area contributed by atoms with Crippen LogP contribution in [0.3, 0.4) is 0 Å². The number of likely N-dealkylation sites (N-methyl/N-ethyl adjacent to an activating group) is 1. The predicted molar refractivity (Wildman–Crippen MR) is 105 cm³/mol. The van der Waals surface area contributed by atoms with Crippen LogP contribution in [0, 0.1) is 12.7 Å². The topological polar surface area (TPSA) is 102 Å². The summed E-state index contributed by atoms with van der Waals surface area (Å²) in [5, 5.41) is 2.89. The van der Waals surface area contributed by atoms with Gasteiger partial charge in [0, 0.05) is 6.54 Å². The van der Waals surface area contributed by atoms with Gasteiger partial charge in [0.15, 0.2) is 0 Å². The molecule has 0 unspecified atom stereocenters. The molecule has 2 amide bonds. The molecule has 1 aromatic heterocycles. The Kier molecular flexibility index (Phi) is 7.24. The third kappa shape index (κ3) is 5.37. The largest absolute Gasteiger partial charge is 0.462 e. The van der Waals surface area contributed by atoms with Gasteiger partial charge in [-0.2, -0.15) is 0 Å². The molecular weight excluding hydrogens is 385 g/mol. The van der Waals surface area contributed by atoms with E-state index in [1.807, 2.05) is 0 Å². The van der Waals surface area contributed by atoms with Gasteiger partial charge in [-0.1, -0.05) is 12.1 Å². The normalized spacial score (nSPS) is 10.8. The van der Waals surface area contributed by atoms with Gasteiger partial charge in [-0.15, -0.1) is 11.3 Å². The molecule has 7 nitrogen and oxygen atoms in total. The number of hydrogen-bond acceptors (Lipinski definition) is 6. The Morgan fingerprint density at radius 3 is 2.46 bits per heavy atom. The number of primary amides is 1. The number of carbonyl (C=O) groups is 3. The minimum absolute atomic E-state index is 0.0303. The zero-order chi connectivity index (χ0) is 20.8. The summed E-state index contributed by atoms with van der Waals surface area (Å²) in [6, 6.07) is 6.00. The predicted octanol–water partition coefficient (Wildman–Crippen LogP) is 2.54. The molecule has 0 radical (unpaired) electrons. The summed E-state index contributed by atoms with van der Waals surface area (Å²) >= 11 is 0.942. The Bertz CT molecular complexity index is 880. The second kappa shape index (κ2) is 9.43. The lowest BCUT2D eigenvalue weighted by atomic mass is 10.1. The zero-order valence-corrected chi connectivity index (χ0v) is 16.7. The van der Waals surface area contributed by atoms with Crippen molar-refractivity contribution in [3.8, 4) is 0 Å². The lowest BCUT2D eigenvalue weighted by molar-refractivity contribution is -0.117. The fourth-order valence-electron chi connectivity index (χ4n) is 2.65. The molecule has 3 N–H and O–H groups in total. The molecule has 2 rings (SSSR count). The van der Waals surface area contributed by atoms with E-state index in [0.29, 0.717) is 12.1 Å². The molecule has 2 aromatic rings. The molecule has 0 atom stereocenters. The van der Waals surface area contributed by atoms with Crippen LogP contribution in [0.15, 0.2) is 24.3 Å². The number of nitrogens with zero attached hydrogens (tertiary/aromatic N) is 1. The summed E-state index contributed by atoms with van der Waals surface area (Å²) in [4.78, 5) is 38.2. The Morgan fingerprint density at radius 2 is 1.89 bits per heavy atom. The SMILES string of the molecule is CCOC(=O)c1c(NC(=O)CN(C)Cc2ccc(F)cc2)sc(C(N)=O)c1C. The number of nitrogens with two attached hydrogens (primary N) is 1. The second-order valence-electron chi connectivity index (χ2n) is 6.19. The number of anilines is 1. The lowest BCUT2D eigenvalue weighted by Gasteiger charge is -2.16. The number of hydrogen-bond donors (Lipinski definition) is 2. The monoisotopic (exact) mass is 407 g/mol. The van der Waals surface area contributed by atoms with Crippen LogP contribution < -0.4 is 11.1 Å². The van der Waals surface area contributed by atoms with Crippen LogP contribution >= 0.6 is 11.3 Å². The first-order valence-electron chi connectivity index (χ1n) is 8.56. The summed E-state index contributed by atoms with van der Waals surface area (Å²) in [5.41, 5.74) is 6.72. The molecule has 0 saturated carbocycles. The molecule has 28 heavy (non-hydrogen) atoms. The molecule has 1 heterocycles. The highest BCUT2D eigenvalue weighted by molar-refractivity contribution is 7.18. The van der Waals surface area contributed by atoms with E-state index in [9.17, 15) is 18.8 Å². The van der Waals surface area contributed by atoms with Gasteiger partial charge in [-0.25, -0.2) is 9.18 Å². The number of thiophene rings is 1. The molecular formula is C19H22FN3O4S. The number of nitrogens with one attached hydrogen (secondary N) is 1. The third-order valence-corrected chi connectivity index (χ3v) is 5.10. The quantitative estimate of drug-likeness (QED) is 0.655. The molecule has 1 aromatic carbocycles. The first kappa shape index (κ1) is 21.5. The first-order valence-corrected chi connectivity index (χ1v) is 9.37. The Labute approximate surface area is 166 Å². The highest BCUT2D eigenvalue weighted by Crippen LogP contribution is 2.33. The molecule has 0 bridgehead atoms. The van der Waals surface area contributed by atoms with Crippen LogP contribution in [0.5, 0.6) is 0 Å². The number of esters is 1. The number of rotatable bonds is 8. The zero-order valence-electron chi connectivity index (χ0n) is 15.9. The second-order valence-corrected chi connectivity index (χ2v) is 7.21. The van der Waals surface area contributed by atoms with Crippen LogP contribution in [-0.2, 0) is 16.1 Å². The van der Waals surface area contributed by atoms with Crippen LogP contribution in [0.4, 0.5) is 9.39 Å². The number of halogens is 1. The standard InChI is InChI=1S/C19H22FN3O4S/c1-4-27-19(26)15-11(2)16(17(21)25)28-18(15)22-14(24)10-23(3)9-12-5-7-13(20)8-6-12/h5-8H,4,9-10H2,1-3H3,(H2,21,25)(H,22,24). The summed E-state index contributed by atoms with van der Waals surface area (Å²) < 4.78 is 18.0. The third-order valence-electron chi connectivity index (χ3n) is 3.88. The lowest BCUT2D eigenvalue weighted by Crippen LogP contribution is -2.30. The maximum Gasteiger partial charge on any atom is 0.341 e. The van der Waals surface area contributed by atoms with Gasteiger partial charge in [0.05, 0.1) is 23.6 Å². The Balaban J connectivity index is 2.11. The minimum atomic E-state index is -0.679. The van der Waals surface area contributed by atoms with Gasteiger partial charge in [0.2, 0.25) is 5.91 Å². The Morgan fingerprint density at radius 1 is 1.25 bits per heavy atom. The van der Waals surface area contributed by atoms with E-state index in [0.717, 1.165) is 16.9 Å². The van der Waals surface area contributed by atoms with Crippen molar-refractivity contribution in [2.24, 2.45) is 5.73 Å². The van der Waals surface area contributed by atoms with E-state index in [1.54, 1.807) is 37.9 Å². The average Bonchev–Trinajstić information content (AvgIpc) is 2.93. The van der Waals surface area contributed by atoms with E-state index < -0.39 is 11.9 Å². The number of ether oxygens (including phenoxy) is 1.